The van der Waals surface area contributed by atoms with Gasteiger partial charge in [0.1, 0.15) is 22.0 Å². The van der Waals surface area contributed by atoms with Crippen LogP contribution >= 0.6 is 11.3 Å². The number of alkyl halides is 3. The van der Waals surface area contributed by atoms with E-state index in [0.717, 1.165) is 11.0 Å². The summed E-state index contributed by atoms with van der Waals surface area (Å²) in [6.07, 6.45) is 1.92. The maximum Gasteiger partial charge on any atom is 0.433 e. The third-order valence-corrected chi connectivity index (χ3v) is 5.04. The molecule has 26 heavy (non-hydrogen) atoms. The molecule has 0 amide bonds. The fraction of sp³-hybridized carbons (Fsp3) is 0.294. The van der Waals surface area contributed by atoms with Gasteiger partial charge in [0.25, 0.3) is 0 Å². The first-order valence-corrected chi connectivity index (χ1v) is 8.92. The second-order valence-electron chi connectivity index (χ2n) is 5.83. The lowest BCUT2D eigenvalue weighted by Crippen LogP contribution is -2.16. The maximum absolute atomic E-state index is 13.2. The van der Waals surface area contributed by atoms with Crippen molar-refractivity contribution < 1.29 is 13.2 Å². The Bertz CT molecular complexity index is 1000. The number of imidazole rings is 1. The predicted molar refractivity (Wildman–Crippen MR) is 93.2 cm³/mol. The first-order chi connectivity index (χ1) is 12.5. The number of aliphatic imine (C=N–C) groups is 1. The smallest absolute Gasteiger partial charge is 0.328 e. The molecule has 0 saturated carbocycles. The zero-order chi connectivity index (χ0) is 18.3. The van der Waals surface area contributed by atoms with Crippen LogP contribution in [0.3, 0.4) is 0 Å². The molecule has 0 saturated heterocycles. The molecule has 4 rings (SSSR count). The van der Waals surface area contributed by atoms with E-state index in [1.807, 2.05) is 17.6 Å². The van der Waals surface area contributed by atoms with Crippen molar-refractivity contribution in [1.82, 2.24) is 19.5 Å². The summed E-state index contributed by atoms with van der Waals surface area (Å²) < 4.78 is 41.5. The Morgan fingerprint density at radius 3 is 2.81 bits per heavy atom. The summed E-state index contributed by atoms with van der Waals surface area (Å²) in [6.45, 7) is 2.65. The number of pyridine rings is 1. The van der Waals surface area contributed by atoms with Gasteiger partial charge < -0.3 is 4.57 Å². The van der Waals surface area contributed by atoms with Gasteiger partial charge in [0.2, 0.25) is 0 Å². The molecule has 3 aromatic heterocycles. The van der Waals surface area contributed by atoms with Crippen LogP contribution in [0, 0.1) is 5.92 Å². The van der Waals surface area contributed by atoms with Crippen molar-refractivity contribution in [2.75, 3.05) is 0 Å². The van der Waals surface area contributed by atoms with Crippen LogP contribution in [0.5, 0.6) is 0 Å². The average Bonchev–Trinajstić information content (AvgIpc) is 3.32. The Hall–Kier alpha value is -2.55. The molecule has 1 aliphatic rings. The summed E-state index contributed by atoms with van der Waals surface area (Å²) in [7, 11) is 0. The highest BCUT2D eigenvalue weighted by atomic mass is 32.1. The number of aryl methyl sites for hydroxylation is 1. The molecule has 0 aliphatic carbocycles. The quantitative estimate of drug-likeness (QED) is 0.690. The molecule has 0 fully saturated rings. The van der Waals surface area contributed by atoms with Crippen molar-refractivity contribution in [3.63, 3.8) is 0 Å². The minimum Gasteiger partial charge on any atom is -0.328 e. The van der Waals surface area contributed by atoms with E-state index in [1.165, 1.54) is 17.4 Å². The lowest BCUT2D eigenvalue weighted by atomic mass is 10.00. The fourth-order valence-corrected chi connectivity index (χ4v) is 3.82. The van der Waals surface area contributed by atoms with E-state index in [2.05, 4.69) is 19.9 Å². The molecule has 0 N–H and O–H groups in total. The number of nitrogens with zero attached hydrogens (tertiary/aromatic N) is 5. The highest BCUT2D eigenvalue weighted by molar-refractivity contribution is 7.11. The van der Waals surface area contributed by atoms with E-state index < -0.39 is 17.8 Å². The fourth-order valence-electron chi connectivity index (χ4n) is 3.13. The van der Waals surface area contributed by atoms with Crippen molar-refractivity contribution in [1.29, 1.82) is 0 Å². The predicted octanol–water partition coefficient (Wildman–Crippen LogP) is 4.02. The SMILES string of the molecule is CCn1c(CC2C=C(C(F)(F)F)N=C2c2nccs2)nc2cnccc21. The van der Waals surface area contributed by atoms with Crippen LogP contribution in [0.15, 0.2) is 46.8 Å². The van der Waals surface area contributed by atoms with Gasteiger partial charge in [0.15, 0.2) is 0 Å². The standard InChI is InChI=1S/C17H14F3N5S/c1-2-25-12-3-4-21-9-11(12)23-14(25)8-10-7-13(17(18,19)20)24-15(10)16-22-5-6-26-16/h3-7,9-10H,2,8H2,1H3. The number of thiazole rings is 1. The maximum atomic E-state index is 13.2. The third kappa shape index (κ3) is 2.92. The van der Waals surface area contributed by atoms with Crippen LogP contribution in [-0.2, 0) is 13.0 Å². The molecular formula is C17H14F3N5S. The Labute approximate surface area is 151 Å². The van der Waals surface area contributed by atoms with E-state index in [-0.39, 0.29) is 0 Å². The molecule has 0 spiro atoms. The summed E-state index contributed by atoms with van der Waals surface area (Å²) in [5.74, 6) is 0.192. The molecule has 5 nitrogen and oxygen atoms in total. The van der Waals surface area contributed by atoms with E-state index >= 15 is 0 Å². The van der Waals surface area contributed by atoms with E-state index in [0.29, 0.717) is 29.5 Å². The van der Waals surface area contributed by atoms with Gasteiger partial charge >= 0.3 is 6.18 Å². The number of halogens is 3. The van der Waals surface area contributed by atoms with Crippen LogP contribution in [-0.4, -0.2) is 31.4 Å². The van der Waals surface area contributed by atoms with Crippen molar-refractivity contribution in [3.05, 3.63) is 52.6 Å². The van der Waals surface area contributed by atoms with Crippen LogP contribution in [0.4, 0.5) is 13.2 Å². The van der Waals surface area contributed by atoms with Gasteiger partial charge in [-0.1, -0.05) is 0 Å². The van der Waals surface area contributed by atoms with Crippen molar-refractivity contribution in [3.8, 4) is 0 Å². The number of allylic oxidation sites excluding steroid dienone is 2. The van der Waals surface area contributed by atoms with Gasteiger partial charge in [-0.2, -0.15) is 13.2 Å². The van der Waals surface area contributed by atoms with Gasteiger partial charge in [-0.15, -0.1) is 11.3 Å². The summed E-state index contributed by atoms with van der Waals surface area (Å²) in [5.41, 5.74) is 1.13. The number of hydrogen-bond acceptors (Lipinski definition) is 5. The molecule has 0 aromatic carbocycles. The third-order valence-electron chi connectivity index (χ3n) is 4.24. The number of hydrogen-bond donors (Lipinski definition) is 0. The molecule has 1 atom stereocenters. The molecule has 1 unspecified atom stereocenters. The molecule has 134 valence electrons. The average molecular weight is 377 g/mol. The van der Waals surface area contributed by atoms with Crippen LogP contribution in [0.2, 0.25) is 0 Å². The molecule has 3 aromatic rings. The van der Waals surface area contributed by atoms with Crippen molar-refractivity contribution >= 4 is 28.1 Å². The van der Waals surface area contributed by atoms with E-state index in [4.69, 9.17) is 0 Å². The first-order valence-electron chi connectivity index (χ1n) is 8.04. The Balaban J connectivity index is 1.74. The highest BCUT2D eigenvalue weighted by Gasteiger charge is 2.40. The Morgan fingerprint density at radius 1 is 1.27 bits per heavy atom. The second-order valence-corrected chi connectivity index (χ2v) is 6.73. The van der Waals surface area contributed by atoms with Crippen LogP contribution in [0.25, 0.3) is 11.0 Å². The summed E-state index contributed by atoms with van der Waals surface area (Å²) >= 11 is 1.28. The summed E-state index contributed by atoms with van der Waals surface area (Å²) in [4.78, 5) is 16.6. The molecule has 0 radical (unpaired) electrons. The minimum absolute atomic E-state index is 0.320. The van der Waals surface area contributed by atoms with Crippen molar-refractivity contribution in [2.45, 2.75) is 26.1 Å². The molecule has 9 heteroatoms. The zero-order valence-electron chi connectivity index (χ0n) is 13.7. The Kier molecular flexibility index (Phi) is 4.10. The number of aromatic nitrogens is 4. The topological polar surface area (TPSA) is 56.0 Å². The Morgan fingerprint density at radius 2 is 2.12 bits per heavy atom. The molecular weight excluding hydrogens is 363 g/mol. The van der Waals surface area contributed by atoms with Crippen molar-refractivity contribution in [2.24, 2.45) is 10.9 Å². The van der Waals surface area contributed by atoms with Gasteiger partial charge in [0.05, 0.1) is 17.4 Å². The number of fused-ring (bicyclic) bond motifs is 1. The largest absolute Gasteiger partial charge is 0.433 e. The van der Waals surface area contributed by atoms with Gasteiger partial charge in [-0.3, -0.25) is 4.98 Å². The van der Waals surface area contributed by atoms with Gasteiger partial charge in [0, 0.05) is 36.7 Å². The van der Waals surface area contributed by atoms with Crippen LogP contribution in [0.1, 0.15) is 17.8 Å². The lowest BCUT2D eigenvalue weighted by molar-refractivity contribution is -0.0922. The monoisotopic (exact) mass is 377 g/mol. The van der Waals surface area contributed by atoms with Gasteiger partial charge in [-0.05, 0) is 19.1 Å². The number of rotatable bonds is 4. The molecule has 1 aliphatic heterocycles. The minimum atomic E-state index is -4.48. The second kappa shape index (κ2) is 6.31. The lowest BCUT2D eigenvalue weighted by Gasteiger charge is -2.11. The molecule has 4 heterocycles. The summed E-state index contributed by atoms with van der Waals surface area (Å²) in [6, 6.07) is 1.86. The first kappa shape index (κ1) is 16.9. The molecule has 0 bridgehead atoms. The zero-order valence-corrected chi connectivity index (χ0v) is 14.6. The highest BCUT2D eigenvalue weighted by Crippen LogP contribution is 2.35. The van der Waals surface area contributed by atoms with E-state index in [1.54, 1.807) is 24.0 Å². The summed E-state index contributed by atoms with van der Waals surface area (Å²) in [5, 5.41) is 2.24. The van der Waals surface area contributed by atoms with E-state index in [9.17, 15) is 13.2 Å². The normalized spacial score (nSPS) is 17.6. The van der Waals surface area contributed by atoms with Gasteiger partial charge in [-0.25, -0.2) is 15.0 Å². The van der Waals surface area contributed by atoms with Crippen LogP contribution < -0.4 is 0 Å².